The van der Waals surface area contributed by atoms with Crippen LogP contribution in [0.1, 0.15) is 11.1 Å². The fraction of sp³-hybridized carbons (Fsp3) is 0.143. The summed E-state index contributed by atoms with van der Waals surface area (Å²) in [6, 6.07) is 9.77. The molecule has 18 heavy (non-hydrogen) atoms. The average Bonchev–Trinajstić information content (AvgIpc) is 2.31. The van der Waals surface area contributed by atoms with Crippen LogP contribution in [0, 0.1) is 12.7 Å². The first-order valence-corrected chi connectivity index (χ1v) is 5.92. The number of benzene rings is 2. The lowest BCUT2D eigenvalue weighted by Gasteiger charge is -2.12. The Bertz CT molecular complexity index is 480. The number of hydrogen-bond donors (Lipinski definition) is 2. The molecule has 0 aliphatic rings. The monoisotopic (exact) mass is 265 g/mol. The molecule has 0 unspecified atom stereocenters. The standard InChI is InChI=1S/C14H13ClFNO/c1-9-4-2-6-12(16)14(9)17-8-10-11(15)5-3-7-13(10)18/h2-7,17-18H,8H2,1H3. The molecule has 2 N–H and O–H groups in total. The predicted octanol–water partition coefficient (Wildman–Crippen LogP) is 4.11. The summed E-state index contributed by atoms with van der Waals surface area (Å²) in [5.74, 6) is -0.217. The summed E-state index contributed by atoms with van der Waals surface area (Å²) in [5.41, 5.74) is 1.79. The zero-order chi connectivity index (χ0) is 13.1. The minimum Gasteiger partial charge on any atom is -0.508 e. The van der Waals surface area contributed by atoms with Gasteiger partial charge in [-0.2, -0.15) is 0 Å². The second kappa shape index (κ2) is 5.27. The highest BCUT2D eigenvalue weighted by atomic mass is 35.5. The predicted molar refractivity (Wildman–Crippen MR) is 71.6 cm³/mol. The summed E-state index contributed by atoms with van der Waals surface area (Å²) in [5, 5.41) is 13.1. The molecule has 2 nitrogen and oxygen atoms in total. The van der Waals surface area contributed by atoms with Crippen molar-refractivity contribution in [3.63, 3.8) is 0 Å². The van der Waals surface area contributed by atoms with Crippen LogP contribution in [0.2, 0.25) is 5.02 Å². The largest absolute Gasteiger partial charge is 0.508 e. The van der Waals surface area contributed by atoms with Crippen LogP contribution in [-0.2, 0) is 6.54 Å². The molecule has 0 heterocycles. The fourth-order valence-electron chi connectivity index (χ4n) is 1.75. The van der Waals surface area contributed by atoms with Gasteiger partial charge in [0, 0.05) is 17.1 Å². The maximum absolute atomic E-state index is 13.6. The highest BCUT2D eigenvalue weighted by Gasteiger charge is 2.09. The molecule has 0 amide bonds. The zero-order valence-corrected chi connectivity index (χ0v) is 10.6. The molecule has 2 aromatic carbocycles. The van der Waals surface area contributed by atoms with Gasteiger partial charge < -0.3 is 10.4 Å². The Morgan fingerprint density at radius 1 is 1.22 bits per heavy atom. The molecule has 0 saturated carbocycles. The fourth-order valence-corrected chi connectivity index (χ4v) is 1.99. The van der Waals surface area contributed by atoms with Crippen molar-refractivity contribution in [2.45, 2.75) is 13.5 Å². The van der Waals surface area contributed by atoms with Gasteiger partial charge in [0.1, 0.15) is 11.6 Å². The normalized spacial score (nSPS) is 10.4. The van der Waals surface area contributed by atoms with Crippen molar-refractivity contribution in [1.82, 2.24) is 0 Å². The van der Waals surface area contributed by atoms with E-state index in [2.05, 4.69) is 5.32 Å². The minimum atomic E-state index is -0.318. The van der Waals surface area contributed by atoms with E-state index in [0.717, 1.165) is 5.56 Å². The van der Waals surface area contributed by atoms with Crippen molar-refractivity contribution in [3.8, 4) is 5.75 Å². The van der Waals surface area contributed by atoms with Crippen molar-refractivity contribution in [2.75, 3.05) is 5.32 Å². The van der Waals surface area contributed by atoms with Crippen LogP contribution in [0.4, 0.5) is 10.1 Å². The number of aryl methyl sites for hydroxylation is 1. The van der Waals surface area contributed by atoms with Gasteiger partial charge in [-0.1, -0.05) is 29.8 Å². The summed E-state index contributed by atoms with van der Waals surface area (Å²) in [4.78, 5) is 0. The number of aromatic hydroxyl groups is 1. The van der Waals surface area contributed by atoms with Crippen molar-refractivity contribution in [2.24, 2.45) is 0 Å². The molecular weight excluding hydrogens is 253 g/mol. The van der Waals surface area contributed by atoms with Crippen LogP contribution in [0.5, 0.6) is 5.75 Å². The number of halogens is 2. The molecule has 0 spiro atoms. The summed E-state index contributed by atoms with van der Waals surface area (Å²) in [6.07, 6.45) is 0. The van der Waals surface area contributed by atoms with E-state index in [1.54, 1.807) is 24.3 Å². The van der Waals surface area contributed by atoms with E-state index in [-0.39, 0.29) is 18.1 Å². The third-order valence-corrected chi connectivity index (χ3v) is 3.11. The summed E-state index contributed by atoms with van der Waals surface area (Å²) in [7, 11) is 0. The molecule has 0 atom stereocenters. The van der Waals surface area contributed by atoms with Crippen LogP contribution in [0.25, 0.3) is 0 Å². The molecule has 2 rings (SSSR count). The first kappa shape index (κ1) is 12.7. The number of rotatable bonds is 3. The minimum absolute atomic E-state index is 0.101. The summed E-state index contributed by atoms with van der Waals surface area (Å²) in [6.45, 7) is 2.09. The lowest BCUT2D eigenvalue weighted by atomic mass is 10.1. The molecule has 94 valence electrons. The van der Waals surface area contributed by atoms with Crippen molar-refractivity contribution in [1.29, 1.82) is 0 Å². The first-order chi connectivity index (χ1) is 8.59. The molecule has 0 saturated heterocycles. The Hall–Kier alpha value is -1.74. The van der Waals surface area contributed by atoms with Gasteiger partial charge in [-0.05, 0) is 30.7 Å². The van der Waals surface area contributed by atoms with Crippen molar-refractivity contribution < 1.29 is 9.50 Å². The third-order valence-electron chi connectivity index (χ3n) is 2.76. The SMILES string of the molecule is Cc1cccc(F)c1NCc1c(O)cccc1Cl. The Morgan fingerprint density at radius 3 is 2.61 bits per heavy atom. The van der Waals surface area contributed by atoms with Crippen LogP contribution in [0.3, 0.4) is 0 Å². The van der Waals surface area contributed by atoms with Gasteiger partial charge in [-0.15, -0.1) is 0 Å². The smallest absolute Gasteiger partial charge is 0.146 e. The lowest BCUT2D eigenvalue weighted by molar-refractivity contribution is 0.469. The Morgan fingerprint density at radius 2 is 1.94 bits per heavy atom. The molecule has 0 aliphatic carbocycles. The molecule has 0 aliphatic heterocycles. The van der Waals surface area contributed by atoms with E-state index in [1.807, 2.05) is 13.0 Å². The number of para-hydroxylation sites is 1. The van der Waals surface area contributed by atoms with Gasteiger partial charge in [-0.3, -0.25) is 0 Å². The van der Waals surface area contributed by atoms with E-state index in [4.69, 9.17) is 11.6 Å². The van der Waals surface area contributed by atoms with Gasteiger partial charge in [0.25, 0.3) is 0 Å². The maximum Gasteiger partial charge on any atom is 0.146 e. The maximum atomic E-state index is 13.6. The van der Waals surface area contributed by atoms with E-state index >= 15 is 0 Å². The number of phenols is 1. The average molecular weight is 266 g/mol. The molecule has 2 aromatic rings. The molecule has 0 bridgehead atoms. The van der Waals surface area contributed by atoms with E-state index in [1.165, 1.54) is 6.07 Å². The number of anilines is 1. The quantitative estimate of drug-likeness (QED) is 0.875. The highest BCUT2D eigenvalue weighted by molar-refractivity contribution is 6.31. The topological polar surface area (TPSA) is 32.3 Å². The number of phenolic OH excluding ortho intramolecular Hbond substituents is 1. The van der Waals surface area contributed by atoms with Gasteiger partial charge >= 0.3 is 0 Å². The first-order valence-electron chi connectivity index (χ1n) is 5.55. The van der Waals surface area contributed by atoms with E-state index < -0.39 is 0 Å². The summed E-state index contributed by atoms with van der Waals surface area (Å²) >= 11 is 5.98. The number of nitrogens with one attached hydrogen (secondary N) is 1. The van der Waals surface area contributed by atoms with Gasteiger partial charge in [0.2, 0.25) is 0 Å². The van der Waals surface area contributed by atoms with Crippen LogP contribution in [0.15, 0.2) is 36.4 Å². The second-order valence-electron chi connectivity index (χ2n) is 4.02. The molecular formula is C14H13ClFNO. The second-order valence-corrected chi connectivity index (χ2v) is 4.43. The molecule has 0 fully saturated rings. The van der Waals surface area contributed by atoms with Crippen molar-refractivity contribution in [3.05, 3.63) is 58.4 Å². The van der Waals surface area contributed by atoms with E-state index in [9.17, 15) is 9.50 Å². The van der Waals surface area contributed by atoms with Crippen LogP contribution < -0.4 is 5.32 Å². The van der Waals surface area contributed by atoms with Crippen LogP contribution >= 0.6 is 11.6 Å². The van der Waals surface area contributed by atoms with Crippen molar-refractivity contribution >= 4 is 17.3 Å². The zero-order valence-electron chi connectivity index (χ0n) is 9.87. The highest BCUT2D eigenvalue weighted by Crippen LogP contribution is 2.27. The van der Waals surface area contributed by atoms with E-state index in [0.29, 0.717) is 16.3 Å². The molecule has 0 radical (unpaired) electrons. The summed E-state index contributed by atoms with van der Waals surface area (Å²) < 4.78 is 13.6. The Kier molecular flexibility index (Phi) is 3.72. The number of hydrogen-bond acceptors (Lipinski definition) is 2. The Balaban J connectivity index is 2.22. The van der Waals surface area contributed by atoms with Gasteiger partial charge in [0.15, 0.2) is 0 Å². The lowest BCUT2D eigenvalue weighted by Crippen LogP contribution is -2.04. The van der Waals surface area contributed by atoms with Crippen LogP contribution in [-0.4, -0.2) is 5.11 Å². The molecule has 0 aromatic heterocycles. The third kappa shape index (κ3) is 2.57. The van der Waals surface area contributed by atoms with Gasteiger partial charge in [-0.25, -0.2) is 4.39 Å². The van der Waals surface area contributed by atoms with Gasteiger partial charge in [0.05, 0.1) is 5.69 Å². The molecule has 4 heteroatoms. The Labute approximate surface area is 110 Å².